The summed E-state index contributed by atoms with van der Waals surface area (Å²) in [5.41, 5.74) is 3.11. The predicted molar refractivity (Wildman–Crippen MR) is 139 cm³/mol. The minimum Gasteiger partial charge on any atom is -0.372 e. The average molecular weight is 486 g/mol. The lowest BCUT2D eigenvalue weighted by Gasteiger charge is -2.36. The largest absolute Gasteiger partial charge is 0.372 e. The third kappa shape index (κ3) is 6.42. The molecular formula is C25H35N5O3S. The van der Waals surface area contributed by atoms with E-state index in [-0.39, 0.29) is 0 Å². The number of nitrogens with zero attached hydrogens (tertiary/aromatic N) is 3. The van der Waals surface area contributed by atoms with Crippen molar-refractivity contribution in [2.24, 2.45) is 0 Å². The van der Waals surface area contributed by atoms with Crippen LogP contribution in [0.15, 0.2) is 48.5 Å². The summed E-state index contributed by atoms with van der Waals surface area (Å²) < 4.78 is 27.8. The summed E-state index contributed by atoms with van der Waals surface area (Å²) in [6, 6.07) is 14.9. The van der Waals surface area contributed by atoms with E-state index < -0.39 is 21.7 Å². The Hall–Kier alpha value is -2.78. The molecule has 4 rings (SSSR count). The van der Waals surface area contributed by atoms with Gasteiger partial charge in [-0.3, -0.25) is 9.52 Å². The molecule has 2 aliphatic heterocycles. The normalized spacial score (nSPS) is 17.4. The molecule has 2 saturated heterocycles. The van der Waals surface area contributed by atoms with Crippen LogP contribution in [0.1, 0.15) is 26.2 Å². The number of nitrogens with one attached hydrogen (secondary N) is 2. The maximum atomic E-state index is 12.6. The zero-order valence-electron chi connectivity index (χ0n) is 19.9. The Balaban J connectivity index is 1.35. The first-order valence-corrected chi connectivity index (χ1v) is 13.8. The van der Waals surface area contributed by atoms with Crippen LogP contribution in [-0.2, 0) is 14.8 Å². The minimum absolute atomic E-state index is 0.461. The van der Waals surface area contributed by atoms with Crippen LogP contribution in [0.5, 0.6) is 0 Å². The summed E-state index contributed by atoms with van der Waals surface area (Å²) in [5.74, 6) is -1.20. The van der Waals surface area contributed by atoms with E-state index in [0.29, 0.717) is 11.4 Å². The van der Waals surface area contributed by atoms with Crippen LogP contribution in [-0.4, -0.2) is 70.8 Å². The summed E-state index contributed by atoms with van der Waals surface area (Å²) in [6.45, 7) is 8.91. The molecule has 8 nitrogen and oxygen atoms in total. The van der Waals surface area contributed by atoms with E-state index in [2.05, 4.69) is 31.7 Å². The number of likely N-dealkylation sites (N-methyl/N-ethyl adjacent to an activating group) is 1. The fourth-order valence-corrected chi connectivity index (χ4v) is 5.61. The molecule has 0 bridgehead atoms. The van der Waals surface area contributed by atoms with E-state index in [1.54, 1.807) is 12.1 Å². The number of amides is 1. The first-order valence-electron chi connectivity index (χ1n) is 12.2. The smallest absolute Gasteiger partial charge is 0.241 e. The van der Waals surface area contributed by atoms with Gasteiger partial charge in [0.15, 0.2) is 0 Å². The van der Waals surface area contributed by atoms with Crippen LogP contribution in [0.4, 0.5) is 22.7 Å². The lowest BCUT2D eigenvalue weighted by molar-refractivity contribution is -0.113. The summed E-state index contributed by atoms with van der Waals surface area (Å²) in [7, 11) is -3.84. The summed E-state index contributed by atoms with van der Waals surface area (Å²) in [6.07, 6.45) is 3.62. The molecule has 2 fully saturated rings. The van der Waals surface area contributed by atoms with Crippen LogP contribution < -0.4 is 19.8 Å². The van der Waals surface area contributed by atoms with E-state index >= 15 is 0 Å². The molecule has 0 aromatic heterocycles. The Bertz CT molecular complexity index is 1060. The molecule has 2 heterocycles. The van der Waals surface area contributed by atoms with Crippen molar-refractivity contribution in [2.45, 2.75) is 26.2 Å². The third-order valence-corrected chi connectivity index (χ3v) is 7.71. The van der Waals surface area contributed by atoms with Gasteiger partial charge >= 0.3 is 0 Å². The lowest BCUT2D eigenvalue weighted by Crippen LogP contribution is -2.46. The molecule has 1 amide bonds. The van der Waals surface area contributed by atoms with Crippen molar-refractivity contribution in [3.63, 3.8) is 0 Å². The van der Waals surface area contributed by atoms with Gasteiger partial charge in [0.2, 0.25) is 15.9 Å². The van der Waals surface area contributed by atoms with Gasteiger partial charge in [0.1, 0.15) is 5.75 Å². The van der Waals surface area contributed by atoms with Crippen LogP contribution >= 0.6 is 0 Å². The van der Waals surface area contributed by atoms with Crippen molar-refractivity contribution in [1.29, 1.82) is 0 Å². The van der Waals surface area contributed by atoms with Gasteiger partial charge in [0.25, 0.3) is 0 Å². The van der Waals surface area contributed by atoms with Crippen molar-refractivity contribution in [1.82, 2.24) is 4.90 Å². The molecule has 9 heteroatoms. The summed E-state index contributed by atoms with van der Waals surface area (Å²) in [5, 5.41) is 2.81. The summed E-state index contributed by atoms with van der Waals surface area (Å²) >= 11 is 0. The van der Waals surface area contributed by atoms with Crippen LogP contribution in [0.25, 0.3) is 0 Å². The molecule has 34 heavy (non-hydrogen) atoms. The number of hydrogen-bond donors (Lipinski definition) is 2. The predicted octanol–water partition coefficient (Wildman–Crippen LogP) is 3.20. The maximum Gasteiger partial charge on any atom is 0.241 e. The fourth-order valence-electron chi connectivity index (χ4n) is 4.63. The number of para-hydroxylation sites is 2. The molecule has 0 spiro atoms. The lowest BCUT2D eigenvalue weighted by atomic mass is 10.1. The highest BCUT2D eigenvalue weighted by molar-refractivity contribution is 7.93. The van der Waals surface area contributed by atoms with Gasteiger partial charge < -0.3 is 20.0 Å². The Morgan fingerprint density at radius 1 is 0.853 bits per heavy atom. The van der Waals surface area contributed by atoms with E-state index in [1.165, 1.54) is 19.3 Å². The first kappa shape index (κ1) is 24.3. The third-order valence-electron chi connectivity index (χ3n) is 6.52. The highest BCUT2D eigenvalue weighted by Crippen LogP contribution is 2.27. The number of piperazine rings is 1. The molecule has 0 unspecified atom stereocenters. The van der Waals surface area contributed by atoms with Gasteiger partial charge in [-0.2, -0.15) is 0 Å². The first-order chi connectivity index (χ1) is 16.4. The van der Waals surface area contributed by atoms with Gasteiger partial charge in [0.05, 0.1) is 11.4 Å². The standard InChI is InChI=1S/C25H35N5O3S/c1-2-28-16-18-30(19-17-28)24-9-5-4-8-23(24)26-25(31)20-34(32,33)27-21-10-12-22(13-11-21)29-14-6-3-7-15-29/h4-5,8-13,27H,2-3,6-7,14-20H2,1H3,(H,26,31). The van der Waals surface area contributed by atoms with Crippen molar-refractivity contribution in [3.8, 4) is 0 Å². The average Bonchev–Trinajstić information content (AvgIpc) is 2.85. The number of anilines is 4. The Morgan fingerprint density at radius 3 is 2.21 bits per heavy atom. The molecular weight excluding hydrogens is 450 g/mol. The van der Waals surface area contributed by atoms with Gasteiger partial charge in [0, 0.05) is 50.6 Å². The maximum absolute atomic E-state index is 12.6. The molecule has 0 radical (unpaired) electrons. The van der Waals surface area contributed by atoms with Gasteiger partial charge in [-0.05, 0) is 62.2 Å². The molecule has 2 N–H and O–H groups in total. The minimum atomic E-state index is -3.84. The second-order valence-corrected chi connectivity index (χ2v) is 10.7. The number of benzene rings is 2. The topological polar surface area (TPSA) is 85.0 Å². The van der Waals surface area contributed by atoms with Crippen LogP contribution in [0.3, 0.4) is 0 Å². The zero-order valence-corrected chi connectivity index (χ0v) is 20.7. The van der Waals surface area contributed by atoms with E-state index in [4.69, 9.17) is 0 Å². The second kappa shape index (κ2) is 11.1. The molecule has 0 atom stereocenters. The SMILES string of the molecule is CCN1CCN(c2ccccc2NC(=O)CS(=O)(=O)Nc2ccc(N3CCCCC3)cc2)CC1. The van der Waals surface area contributed by atoms with Gasteiger partial charge in [-0.15, -0.1) is 0 Å². The molecule has 0 aliphatic carbocycles. The number of carbonyl (C=O) groups excluding carboxylic acids is 1. The molecule has 2 aromatic carbocycles. The quantitative estimate of drug-likeness (QED) is 0.597. The fraction of sp³-hybridized carbons (Fsp3) is 0.480. The monoisotopic (exact) mass is 485 g/mol. The van der Waals surface area contributed by atoms with Crippen LogP contribution in [0, 0.1) is 0 Å². The van der Waals surface area contributed by atoms with Crippen molar-refractivity contribution in [3.05, 3.63) is 48.5 Å². The van der Waals surface area contributed by atoms with E-state index in [1.807, 2.05) is 36.4 Å². The molecule has 2 aromatic rings. The van der Waals surface area contributed by atoms with Gasteiger partial charge in [-0.1, -0.05) is 19.1 Å². The Morgan fingerprint density at radius 2 is 1.53 bits per heavy atom. The van der Waals surface area contributed by atoms with Crippen LogP contribution in [0.2, 0.25) is 0 Å². The number of rotatable bonds is 8. The Kier molecular flexibility index (Phi) is 7.95. The van der Waals surface area contributed by atoms with Gasteiger partial charge in [-0.25, -0.2) is 8.42 Å². The summed E-state index contributed by atoms with van der Waals surface area (Å²) in [4.78, 5) is 19.6. The van der Waals surface area contributed by atoms with Crippen molar-refractivity contribution < 1.29 is 13.2 Å². The van der Waals surface area contributed by atoms with Crippen molar-refractivity contribution in [2.75, 3.05) is 71.4 Å². The number of sulfonamides is 1. The van der Waals surface area contributed by atoms with Crippen molar-refractivity contribution >= 4 is 38.7 Å². The number of hydrogen-bond acceptors (Lipinski definition) is 6. The highest BCUT2D eigenvalue weighted by Gasteiger charge is 2.21. The van der Waals surface area contributed by atoms with E-state index in [9.17, 15) is 13.2 Å². The zero-order chi connectivity index (χ0) is 24.0. The molecule has 2 aliphatic rings. The number of carbonyl (C=O) groups is 1. The van der Waals surface area contributed by atoms with E-state index in [0.717, 1.165) is 57.2 Å². The highest BCUT2D eigenvalue weighted by atomic mass is 32.2. The molecule has 0 saturated carbocycles. The second-order valence-electron chi connectivity index (χ2n) is 8.94. The molecule has 184 valence electrons. The number of piperidine rings is 1. The Labute approximate surface area is 203 Å².